The summed E-state index contributed by atoms with van der Waals surface area (Å²) >= 11 is 0. The highest BCUT2D eigenvalue weighted by atomic mass is 16.2. The topological polar surface area (TPSA) is 56.1 Å². The minimum atomic E-state index is -0.314. The van der Waals surface area contributed by atoms with Crippen LogP contribution in [0.4, 0.5) is 5.69 Å². The van der Waals surface area contributed by atoms with Gasteiger partial charge in [-0.15, -0.1) is 0 Å². The Bertz CT molecular complexity index is 703. The first kappa shape index (κ1) is 14.9. The second kappa shape index (κ2) is 6.27. The number of hydrogen-bond donors (Lipinski definition) is 1. The van der Waals surface area contributed by atoms with Crippen molar-refractivity contribution in [2.45, 2.75) is 19.9 Å². The van der Waals surface area contributed by atoms with Crippen molar-refractivity contribution in [1.82, 2.24) is 4.90 Å². The lowest BCUT2D eigenvalue weighted by Gasteiger charge is -2.22. The number of rotatable bonds is 4. The first-order valence-electron chi connectivity index (χ1n) is 7.01. The van der Waals surface area contributed by atoms with Crippen LogP contribution in [0.2, 0.25) is 0 Å². The van der Waals surface area contributed by atoms with Crippen molar-refractivity contribution in [2.24, 2.45) is 0 Å². The molecule has 2 rings (SSSR count). The van der Waals surface area contributed by atoms with Crippen LogP contribution >= 0.6 is 0 Å². The maximum atomic E-state index is 12.1. The number of carbonyl (C=O) groups is 1. The lowest BCUT2D eigenvalue weighted by molar-refractivity contribution is -0.130. The molecular formula is C17H19N3O. The van der Waals surface area contributed by atoms with E-state index in [0.29, 0.717) is 12.1 Å². The summed E-state index contributed by atoms with van der Waals surface area (Å²) in [6.45, 7) is 4.47. The summed E-state index contributed by atoms with van der Waals surface area (Å²) < 4.78 is 0. The molecule has 4 heteroatoms. The molecular weight excluding hydrogens is 262 g/mol. The second-order valence-corrected chi connectivity index (χ2v) is 5.04. The summed E-state index contributed by atoms with van der Waals surface area (Å²) in [7, 11) is 1.79. The number of nitriles is 1. The summed E-state index contributed by atoms with van der Waals surface area (Å²) in [5.74, 6) is 0.0472. The highest BCUT2D eigenvalue weighted by Gasteiger charge is 2.17. The van der Waals surface area contributed by atoms with Gasteiger partial charge in [-0.2, -0.15) is 5.26 Å². The molecule has 2 aromatic carbocycles. The lowest BCUT2D eigenvalue weighted by Crippen LogP contribution is -2.38. The predicted molar refractivity (Wildman–Crippen MR) is 85.1 cm³/mol. The van der Waals surface area contributed by atoms with E-state index in [4.69, 9.17) is 0 Å². The molecule has 0 saturated heterocycles. The number of fused-ring (bicyclic) bond motifs is 1. The number of amides is 1. The quantitative estimate of drug-likeness (QED) is 0.937. The van der Waals surface area contributed by atoms with Gasteiger partial charge in [-0.3, -0.25) is 4.79 Å². The molecule has 4 nitrogen and oxygen atoms in total. The van der Waals surface area contributed by atoms with Gasteiger partial charge in [0.25, 0.3) is 0 Å². The molecule has 0 aliphatic heterocycles. The lowest BCUT2D eigenvalue weighted by atomic mass is 10.0. The van der Waals surface area contributed by atoms with E-state index in [0.717, 1.165) is 16.5 Å². The Morgan fingerprint density at radius 3 is 2.57 bits per heavy atom. The van der Waals surface area contributed by atoms with Crippen LogP contribution in [0.1, 0.15) is 19.4 Å². The minimum Gasteiger partial charge on any atom is -0.373 e. The average molecular weight is 281 g/mol. The number of benzene rings is 2. The molecule has 1 N–H and O–H groups in total. The molecule has 0 fully saturated rings. The fourth-order valence-corrected chi connectivity index (χ4v) is 2.30. The normalized spacial score (nSPS) is 11.7. The van der Waals surface area contributed by atoms with E-state index in [-0.39, 0.29) is 11.9 Å². The third-order valence-electron chi connectivity index (χ3n) is 3.64. The third-order valence-corrected chi connectivity index (χ3v) is 3.64. The van der Waals surface area contributed by atoms with Crippen LogP contribution in [0.25, 0.3) is 10.8 Å². The third kappa shape index (κ3) is 2.97. The molecule has 0 bridgehead atoms. The number of hydrogen-bond acceptors (Lipinski definition) is 3. The Morgan fingerprint density at radius 1 is 1.29 bits per heavy atom. The van der Waals surface area contributed by atoms with Crippen LogP contribution in [0.15, 0.2) is 36.4 Å². The molecule has 0 aliphatic rings. The molecule has 0 saturated carbocycles. The Hall–Kier alpha value is -2.54. The molecule has 1 atom stereocenters. The molecule has 0 spiro atoms. The summed E-state index contributed by atoms with van der Waals surface area (Å²) in [6.07, 6.45) is 0. The Labute approximate surface area is 125 Å². The standard InChI is InChI=1S/C17H19N3O/c1-4-20(3)17(21)12(2)19-16-10-9-13(11-18)14-7-5-6-8-15(14)16/h5-10,12,19H,4H2,1-3H3. The van der Waals surface area contributed by atoms with E-state index in [2.05, 4.69) is 11.4 Å². The van der Waals surface area contributed by atoms with Crippen molar-refractivity contribution in [2.75, 3.05) is 18.9 Å². The highest BCUT2D eigenvalue weighted by molar-refractivity contribution is 5.98. The molecule has 0 heterocycles. The van der Waals surface area contributed by atoms with Crippen molar-refractivity contribution in [1.29, 1.82) is 5.26 Å². The van der Waals surface area contributed by atoms with Gasteiger partial charge in [0.15, 0.2) is 0 Å². The van der Waals surface area contributed by atoms with Gasteiger partial charge >= 0.3 is 0 Å². The van der Waals surface area contributed by atoms with Crippen LogP contribution in [0.5, 0.6) is 0 Å². The number of nitrogens with zero attached hydrogens (tertiary/aromatic N) is 2. The molecule has 1 amide bonds. The zero-order chi connectivity index (χ0) is 15.4. The van der Waals surface area contributed by atoms with E-state index in [1.807, 2.05) is 44.2 Å². The van der Waals surface area contributed by atoms with Gasteiger partial charge in [-0.25, -0.2) is 0 Å². The van der Waals surface area contributed by atoms with Crippen LogP contribution in [0, 0.1) is 11.3 Å². The zero-order valence-electron chi connectivity index (χ0n) is 12.6. The summed E-state index contributed by atoms with van der Waals surface area (Å²) in [5, 5.41) is 14.3. The van der Waals surface area contributed by atoms with Crippen LogP contribution in [-0.2, 0) is 4.79 Å². The van der Waals surface area contributed by atoms with Crippen LogP contribution in [-0.4, -0.2) is 30.4 Å². The van der Waals surface area contributed by atoms with E-state index in [9.17, 15) is 10.1 Å². The highest BCUT2D eigenvalue weighted by Crippen LogP contribution is 2.26. The molecule has 2 aromatic rings. The molecule has 108 valence electrons. The Kier molecular flexibility index (Phi) is 4.44. The first-order chi connectivity index (χ1) is 10.1. The van der Waals surface area contributed by atoms with E-state index in [1.165, 1.54) is 0 Å². The number of nitrogens with one attached hydrogen (secondary N) is 1. The summed E-state index contributed by atoms with van der Waals surface area (Å²) in [4.78, 5) is 13.8. The van der Waals surface area contributed by atoms with Crippen molar-refractivity contribution < 1.29 is 4.79 Å². The minimum absolute atomic E-state index is 0.0472. The van der Waals surface area contributed by atoms with Gasteiger partial charge in [-0.1, -0.05) is 24.3 Å². The largest absolute Gasteiger partial charge is 0.373 e. The Morgan fingerprint density at radius 2 is 1.95 bits per heavy atom. The first-order valence-corrected chi connectivity index (χ1v) is 7.01. The van der Waals surface area contributed by atoms with Crippen molar-refractivity contribution in [3.63, 3.8) is 0 Å². The fraction of sp³-hybridized carbons (Fsp3) is 0.294. The monoisotopic (exact) mass is 281 g/mol. The fourth-order valence-electron chi connectivity index (χ4n) is 2.30. The maximum Gasteiger partial charge on any atom is 0.244 e. The number of likely N-dealkylation sites (N-methyl/N-ethyl adjacent to an activating group) is 1. The number of carbonyl (C=O) groups excluding carboxylic acids is 1. The summed E-state index contributed by atoms with van der Waals surface area (Å²) in [6, 6.07) is 13.2. The average Bonchev–Trinajstić information content (AvgIpc) is 2.53. The molecule has 0 radical (unpaired) electrons. The van der Waals surface area contributed by atoms with Crippen molar-refractivity contribution in [3.05, 3.63) is 42.0 Å². The van der Waals surface area contributed by atoms with Gasteiger partial charge in [0.2, 0.25) is 5.91 Å². The van der Waals surface area contributed by atoms with E-state index >= 15 is 0 Å². The maximum absolute atomic E-state index is 12.1. The van der Waals surface area contributed by atoms with E-state index in [1.54, 1.807) is 18.0 Å². The van der Waals surface area contributed by atoms with Gasteiger partial charge in [0, 0.05) is 30.1 Å². The van der Waals surface area contributed by atoms with Gasteiger partial charge in [0.1, 0.15) is 6.04 Å². The zero-order valence-corrected chi connectivity index (χ0v) is 12.6. The second-order valence-electron chi connectivity index (χ2n) is 5.04. The van der Waals surface area contributed by atoms with E-state index < -0.39 is 0 Å². The van der Waals surface area contributed by atoms with Crippen molar-refractivity contribution >= 4 is 22.4 Å². The predicted octanol–water partition coefficient (Wildman–Crippen LogP) is 2.99. The van der Waals surface area contributed by atoms with Crippen LogP contribution < -0.4 is 5.32 Å². The molecule has 0 aromatic heterocycles. The van der Waals surface area contributed by atoms with Gasteiger partial charge in [0.05, 0.1) is 11.6 Å². The smallest absolute Gasteiger partial charge is 0.244 e. The summed E-state index contributed by atoms with van der Waals surface area (Å²) in [5.41, 5.74) is 1.51. The van der Waals surface area contributed by atoms with Crippen molar-refractivity contribution in [3.8, 4) is 6.07 Å². The van der Waals surface area contributed by atoms with Crippen LogP contribution in [0.3, 0.4) is 0 Å². The van der Waals surface area contributed by atoms with Gasteiger partial charge < -0.3 is 10.2 Å². The number of anilines is 1. The molecule has 0 aliphatic carbocycles. The molecule has 1 unspecified atom stereocenters. The SMILES string of the molecule is CCN(C)C(=O)C(C)Nc1ccc(C#N)c2ccccc12. The van der Waals surface area contributed by atoms with Gasteiger partial charge in [-0.05, 0) is 26.0 Å². The Balaban J connectivity index is 2.36. The molecule has 21 heavy (non-hydrogen) atoms.